The Bertz CT molecular complexity index is 610. The number of ether oxygens (including phenoxy) is 1. The van der Waals surface area contributed by atoms with Crippen molar-refractivity contribution in [1.82, 2.24) is 4.31 Å². The lowest BCUT2D eigenvalue weighted by Crippen LogP contribution is -2.36. The SMILES string of the molecule is CCOC(=O)CN(CC)S(=O)(=O)c1ccc(C(N)=O)cc1. The van der Waals surface area contributed by atoms with Crippen LogP contribution in [0.3, 0.4) is 0 Å². The van der Waals surface area contributed by atoms with Gasteiger partial charge < -0.3 is 10.5 Å². The number of benzene rings is 1. The zero-order valence-corrected chi connectivity index (χ0v) is 12.7. The second-order valence-corrected chi connectivity index (χ2v) is 6.06. The van der Waals surface area contributed by atoms with Gasteiger partial charge in [-0.3, -0.25) is 9.59 Å². The molecule has 0 bridgehead atoms. The van der Waals surface area contributed by atoms with Crippen molar-refractivity contribution in [2.45, 2.75) is 18.7 Å². The lowest BCUT2D eigenvalue weighted by molar-refractivity contribution is -0.143. The molecule has 0 aliphatic carbocycles. The molecule has 0 saturated heterocycles. The molecule has 1 aromatic carbocycles. The second kappa shape index (κ2) is 7.19. The quantitative estimate of drug-likeness (QED) is 0.731. The summed E-state index contributed by atoms with van der Waals surface area (Å²) in [7, 11) is -3.83. The normalized spacial score (nSPS) is 11.4. The molecule has 0 spiro atoms. The molecule has 116 valence electrons. The Morgan fingerprint density at radius 3 is 2.19 bits per heavy atom. The van der Waals surface area contributed by atoms with Crippen molar-refractivity contribution in [1.29, 1.82) is 0 Å². The average Bonchev–Trinajstić information content (AvgIpc) is 2.45. The highest BCUT2D eigenvalue weighted by Gasteiger charge is 2.25. The van der Waals surface area contributed by atoms with E-state index in [9.17, 15) is 18.0 Å². The number of nitrogens with zero attached hydrogens (tertiary/aromatic N) is 1. The number of rotatable bonds is 7. The number of likely N-dealkylation sites (N-methyl/N-ethyl adjacent to an activating group) is 1. The molecule has 1 amide bonds. The van der Waals surface area contributed by atoms with Crippen LogP contribution in [-0.2, 0) is 19.6 Å². The number of hydrogen-bond donors (Lipinski definition) is 1. The Balaban J connectivity index is 3.01. The highest BCUT2D eigenvalue weighted by molar-refractivity contribution is 7.89. The summed E-state index contributed by atoms with van der Waals surface area (Å²) in [5, 5.41) is 0. The monoisotopic (exact) mass is 314 g/mol. The van der Waals surface area contributed by atoms with Gasteiger partial charge in [-0.2, -0.15) is 4.31 Å². The standard InChI is InChI=1S/C13H18N2O5S/c1-3-15(9-12(16)20-4-2)21(18,19)11-7-5-10(6-8-11)13(14)17/h5-8H,3-4,9H2,1-2H3,(H2,14,17). The Hall–Kier alpha value is -1.93. The van der Waals surface area contributed by atoms with E-state index >= 15 is 0 Å². The zero-order valence-electron chi connectivity index (χ0n) is 11.9. The van der Waals surface area contributed by atoms with E-state index in [1.807, 2.05) is 0 Å². The molecule has 0 radical (unpaired) electrons. The number of hydrogen-bond acceptors (Lipinski definition) is 5. The molecular weight excluding hydrogens is 296 g/mol. The molecule has 7 nitrogen and oxygen atoms in total. The maximum atomic E-state index is 12.4. The van der Waals surface area contributed by atoms with Crippen LogP contribution < -0.4 is 5.73 Å². The van der Waals surface area contributed by atoms with E-state index in [0.29, 0.717) is 0 Å². The third-order valence-corrected chi connectivity index (χ3v) is 4.68. The molecule has 1 aromatic rings. The fraction of sp³-hybridized carbons (Fsp3) is 0.385. The van der Waals surface area contributed by atoms with Gasteiger partial charge in [0.05, 0.1) is 11.5 Å². The van der Waals surface area contributed by atoms with E-state index in [-0.39, 0.29) is 30.2 Å². The van der Waals surface area contributed by atoms with Crippen molar-refractivity contribution < 1.29 is 22.7 Å². The van der Waals surface area contributed by atoms with Gasteiger partial charge in [-0.15, -0.1) is 0 Å². The molecule has 0 heterocycles. The molecule has 0 atom stereocenters. The number of sulfonamides is 1. The first-order chi connectivity index (χ1) is 9.82. The molecule has 0 saturated carbocycles. The van der Waals surface area contributed by atoms with Gasteiger partial charge in [-0.05, 0) is 31.2 Å². The minimum atomic E-state index is -3.83. The summed E-state index contributed by atoms with van der Waals surface area (Å²) < 4.78 is 30.5. The van der Waals surface area contributed by atoms with E-state index < -0.39 is 21.9 Å². The van der Waals surface area contributed by atoms with Gasteiger partial charge in [0.25, 0.3) is 0 Å². The molecular formula is C13H18N2O5S. The fourth-order valence-electron chi connectivity index (χ4n) is 1.66. The lowest BCUT2D eigenvalue weighted by Gasteiger charge is -2.19. The summed E-state index contributed by atoms with van der Waals surface area (Å²) in [6, 6.07) is 5.22. The Morgan fingerprint density at radius 2 is 1.76 bits per heavy atom. The number of carbonyl (C=O) groups is 2. The number of amides is 1. The third-order valence-electron chi connectivity index (χ3n) is 2.74. The highest BCUT2D eigenvalue weighted by Crippen LogP contribution is 2.16. The Labute approximate surface area is 123 Å². The van der Waals surface area contributed by atoms with E-state index in [2.05, 4.69) is 0 Å². The van der Waals surface area contributed by atoms with Gasteiger partial charge >= 0.3 is 5.97 Å². The topological polar surface area (TPSA) is 107 Å². The van der Waals surface area contributed by atoms with Crippen LogP contribution in [0.1, 0.15) is 24.2 Å². The van der Waals surface area contributed by atoms with E-state index in [1.165, 1.54) is 24.3 Å². The van der Waals surface area contributed by atoms with Crippen molar-refractivity contribution in [2.75, 3.05) is 19.7 Å². The summed E-state index contributed by atoms with van der Waals surface area (Å²) in [6.07, 6.45) is 0. The first kappa shape index (κ1) is 17.1. The highest BCUT2D eigenvalue weighted by atomic mass is 32.2. The molecule has 0 aromatic heterocycles. The van der Waals surface area contributed by atoms with Crippen LogP contribution in [0.25, 0.3) is 0 Å². The summed E-state index contributed by atoms with van der Waals surface area (Å²) in [6.45, 7) is 3.21. The number of carbonyl (C=O) groups excluding carboxylic acids is 2. The van der Waals surface area contributed by atoms with Crippen molar-refractivity contribution in [2.24, 2.45) is 5.73 Å². The molecule has 1 rings (SSSR count). The maximum absolute atomic E-state index is 12.4. The first-order valence-corrected chi connectivity index (χ1v) is 7.82. The molecule has 8 heteroatoms. The van der Waals surface area contributed by atoms with E-state index in [1.54, 1.807) is 13.8 Å². The molecule has 21 heavy (non-hydrogen) atoms. The minimum absolute atomic E-state index is 0.0151. The minimum Gasteiger partial charge on any atom is -0.465 e. The summed E-state index contributed by atoms with van der Waals surface area (Å²) >= 11 is 0. The van der Waals surface area contributed by atoms with Crippen molar-refractivity contribution in [3.63, 3.8) is 0 Å². The van der Waals surface area contributed by atoms with Gasteiger partial charge in [0.15, 0.2) is 0 Å². The zero-order chi connectivity index (χ0) is 16.0. The number of primary amides is 1. The van der Waals surface area contributed by atoms with Crippen LogP contribution in [-0.4, -0.2) is 44.3 Å². The van der Waals surface area contributed by atoms with Gasteiger partial charge in [0.2, 0.25) is 15.9 Å². The maximum Gasteiger partial charge on any atom is 0.321 e. The average molecular weight is 314 g/mol. The van der Waals surface area contributed by atoms with Crippen LogP contribution in [0.15, 0.2) is 29.2 Å². The van der Waals surface area contributed by atoms with Crippen molar-refractivity contribution in [3.8, 4) is 0 Å². The smallest absolute Gasteiger partial charge is 0.321 e. The summed E-state index contributed by atoms with van der Waals surface area (Å²) in [4.78, 5) is 22.4. The predicted octanol–water partition coefficient (Wildman–Crippen LogP) is 0.359. The Kier molecular flexibility index (Phi) is 5.86. The van der Waals surface area contributed by atoms with Gasteiger partial charge in [0.1, 0.15) is 6.54 Å². The summed E-state index contributed by atoms with van der Waals surface area (Å²) in [5.74, 6) is -1.26. The molecule has 0 aliphatic heterocycles. The largest absolute Gasteiger partial charge is 0.465 e. The summed E-state index contributed by atoms with van der Waals surface area (Å²) in [5.41, 5.74) is 5.31. The van der Waals surface area contributed by atoms with Crippen LogP contribution in [0, 0.1) is 0 Å². The molecule has 0 aliphatic rings. The fourth-order valence-corrected chi connectivity index (χ4v) is 3.05. The number of nitrogens with two attached hydrogens (primary N) is 1. The van der Waals surface area contributed by atoms with E-state index in [4.69, 9.17) is 10.5 Å². The van der Waals surface area contributed by atoms with Crippen LogP contribution in [0.5, 0.6) is 0 Å². The Morgan fingerprint density at radius 1 is 1.19 bits per heavy atom. The predicted molar refractivity (Wildman–Crippen MR) is 76.0 cm³/mol. The van der Waals surface area contributed by atoms with Gasteiger partial charge in [-0.1, -0.05) is 6.92 Å². The lowest BCUT2D eigenvalue weighted by atomic mass is 10.2. The third kappa shape index (κ3) is 4.27. The van der Waals surface area contributed by atoms with Gasteiger partial charge in [0, 0.05) is 12.1 Å². The molecule has 0 unspecified atom stereocenters. The van der Waals surface area contributed by atoms with Crippen LogP contribution in [0.2, 0.25) is 0 Å². The molecule has 0 fully saturated rings. The van der Waals surface area contributed by atoms with Crippen molar-refractivity contribution in [3.05, 3.63) is 29.8 Å². The first-order valence-electron chi connectivity index (χ1n) is 6.38. The van der Waals surface area contributed by atoms with E-state index in [0.717, 1.165) is 4.31 Å². The van der Waals surface area contributed by atoms with Crippen molar-refractivity contribution >= 4 is 21.9 Å². The number of esters is 1. The second-order valence-electron chi connectivity index (χ2n) is 4.12. The van der Waals surface area contributed by atoms with Crippen LogP contribution in [0.4, 0.5) is 0 Å². The van der Waals surface area contributed by atoms with Crippen LogP contribution >= 0.6 is 0 Å². The molecule has 2 N–H and O–H groups in total. The van der Waals surface area contributed by atoms with Gasteiger partial charge in [-0.25, -0.2) is 8.42 Å².